The number of benzene rings is 1. The first-order valence-electron chi connectivity index (χ1n) is 8.62. The molecule has 1 saturated heterocycles. The van der Waals surface area contributed by atoms with Gasteiger partial charge in [0.05, 0.1) is 25.3 Å². The molecule has 2 aromatic rings. The summed E-state index contributed by atoms with van der Waals surface area (Å²) in [6, 6.07) is 4.60. The van der Waals surface area contributed by atoms with E-state index in [9.17, 15) is 18.0 Å². The van der Waals surface area contributed by atoms with Crippen LogP contribution in [-0.4, -0.2) is 43.9 Å². The predicted molar refractivity (Wildman–Crippen MR) is 96.4 cm³/mol. The summed E-state index contributed by atoms with van der Waals surface area (Å²) in [5.41, 5.74) is 0.513. The van der Waals surface area contributed by atoms with Gasteiger partial charge in [0.15, 0.2) is 5.82 Å². The summed E-state index contributed by atoms with van der Waals surface area (Å²) < 4.78 is 46.6. The summed E-state index contributed by atoms with van der Waals surface area (Å²) in [5, 5.41) is 2.72. The van der Waals surface area contributed by atoms with Gasteiger partial charge in [-0.2, -0.15) is 0 Å². The van der Waals surface area contributed by atoms with E-state index in [2.05, 4.69) is 10.3 Å². The number of aromatic nitrogens is 1. The van der Waals surface area contributed by atoms with Gasteiger partial charge in [0.25, 0.3) is 0 Å². The van der Waals surface area contributed by atoms with Gasteiger partial charge in [0, 0.05) is 31.0 Å². The summed E-state index contributed by atoms with van der Waals surface area (Å²) in [6.07, 6.45) is 0.864. The number of rotatable bonds is 6. The number of carbonyl (C=O) groups is 1. The zero-order valence-electron chi connectivity index (χ0n) is 14.8. The van der Waals surface area contributed by atoms with E-state index >= 15 is 0 Å². The number of methoxy groups -OCH3 is 1. The van der Waals surface area contributed by atoms with E-state index in [1.807, 2.05) is 0 Å². The monoisotopic (exact) mass is 379 g/mol. The van der Waals surface area contributed by atoms with Gasteiger partial charge in [-0.25, -0.2) is 18.2 Å². The van der Waals surface area contributed by atoms with Crippen LogP contribution in [0.25, 0.3) is 11.1 Å². The molecule has 0 aliphatic carbocycles. The van der Waals surface area contributed by atoms with E-state index in [0.717, 1.165) is 18.2 Å². The summed E-state index contributed by atoms with van der Waals surface area (Å²) >= 11 is 0. The molecule has 1 N–H and O–H groups in total. The highest BCUT2D eigenvalue weighted by molar-refractivity contribution is 5.99. The number of anilines is 2. The minimum Gasteiger partial charge on any atom is -0.384 e. The van der Waals surface area contributed by atoms with Crippen LogP contribution < -0.4 is 10.2 Å². The third-order valence-corrected chi connectivity index (χ3v) is 4.38. The van der Waals surface area contributed by atoms with Crippen molar-refractivity contribution in [3.8, 4) is 11.1 Å². The summed E-state index contributed by atoms with van der Waals surface area (Å²) in [6.45, 7) is 0.759. The van der Waals surface area contributed by atoms with Crippen LogP contribution in [0.3, 0.4) is 0 Å². The van der Waals surface area contributed by atoms with Crippen molar-refractivity contribution in [2.24, 2.45) is 0 Å². The summed E-state index contributed by atoms with van der Waals surface area (Å²) in [5.74, 6) is -1.26. The van der Waals surface area contributed by atoms with E-state index in [1.165, 1.54) is 19.4 Å². The molecule has 1 aromatic heterocycles. The van der Waals surface area contributed by atoms with Gasteiger partial charge in [0.2, 0.25) is 5.91 Å². The molecule has 1 amide bonds. The lowest BCUT2D eigenvalue weighted by atomic mass is 10.0. The lowest BCUT2D eigenvalue weighted by Crippen LogP contribution is -2.24. The first-order chi connectivity index (χ1) is 13.0. The number of alkyl halides is 1. The van der Waals surface area contributed by atoms with Gasteiger partial charge >= 0.3 is 0 Å². The predicted octanol–water partition coefficient (Wildman–Crippen LogP) is 3.55. The average molecular weight is 379 g/mol. The second-order valence-corrected chi connectivity index (χ2v) is 6.30. The van der Waals surface area contributed by atoms with Crippen molar-refractivity contribution in [1.82, 2.24) is 4.98 Å². The number of ether oxygens (including phenoxy) is 1. The van der Waals surface area contributed by atoms with Gasteiger partial charge in [-0.1, -0.05) is 0 Å². The van der Waals surface area contributed by atoms with Crippen molar-refractivity contribution in [2.75, 3.05) is 37.0 Å². The molecule has 144 valence electrons. The Hall–Kier alpha value is -2.61. The van der Waals surface area contributed by atoms with Gasteiger partial charge in [-0.3, -0.25) is 4.79 Å². The van der Waals surface area contributed by atoms with Crippen LogP contribution in [0.4, 0.5) is 24.7 Å². The second-order valence-electron chi connectivity index (χ2n) is 6.30. The van der Waals surface area contributed by atoms with Crippen molar-refractivity contribution < 1.29 is 22.7 Å². The maximum atomic E-state index is 14.4. The highest BCUT2D eigenvalue weighted by atomic mass is 19.1. The van der Waals surface area contributed by atoms with E-state index in [-0.39, 0.29) is 42.3 Å². The Bertz CT molecular complexity index is 832. The smallest absolute Gasteiger partial charge is 0.226 e. The molecule has 0 spiro atoms. The first kappa shape index (κ1) is 19.2. The second kappa shape index (κ2) is 8.39. The Morgan fingerprint density at radius 2 is 2.15 bits per heavy atom. The topological polar surface area (TPSA) is 54.5 Å². The van der Waals surface area contributed by atoms with Crippen LogP contribution in [0.2, 0.25) is 0 Å². The fourth-order valence-electron chi connectivity index (χ4n) is 3.05. The Kier molecular flexibility index (Phi) is 5.95. The van der Waals surface area contributed by atoms with Crippen molar-refractivity contribution in [1.29, 1.82) is 0 Å². The van der Waals surface area contributed by atoms with E-state index in [0.29, 0.717) is 18.8 Å². The molecule has 0 bridgehead atoms. The lowest BCUT2D eigenvalue weighted by molar-refractivity contribution is -0.117. The molecule has 0 radical (unpaired) electrons. The minimum atomic E-state index is -1.00. The van der Waals surface area contributed by atoms with E-state index in [4.69, 9.17) is 4.74 Å². The zero-order valence-corrected chi connectivity index (χ0v) is 14.8. The van der Waals surface area contributed by atoms with Crippen LogP contribution in [0, 0.1) is 11.6 Å². The number of nitrogens with zero attached hydrogens (tertiary/aromatic N) is 2. The Balaban J connectivity index is 2.06. The molecule has 2 heterocycles. The third-order valence-electron chi connectivity index (χ3n) is 4.38. The van der Waals surface area contributed by atoms with Crippen LogP contribution in [0.5, 0.6) is 0 Å². The van der Waals surface area contributed by atoms with Crippen LogP contribution in [0.15, 0.2) is 30.5 Å². The molecule has 8 heteroatoms. The van der Waals surface area contributed by atoms with Crippen LogP contribution in [0.1, 0.15) is 12.8 Å². The number of hydrogen-bond acceptors (Lipinski definition) is 4. The largest absolute Gasteiger partial charge is 0.384 e. The summed E-state index contributed by atoms with van der Waals surface area (Å²) in [7, 11) is 1.47. The SMILES string of the molecule is COCCC(=O)Nc1c(-c2cc(F)ccc2F)ccnc1N1CCC(F)C1. The minimum absolute atomic E-state index is 0.00307. The van der Waals surface area contributed by atoms with E-state index < -0.39 is 17.8 Å². The molecule has 0 saturated carbocycles. The first-order valence-corrected chi connectivity index (χ1v) is 8.62. The molecular weight excluding hydrogens is 359 g/mol. The quantitative estimate of drug-likeness (QED) is 0.834. The lowest BCUT2D eigenvalue weighted by Gasteiger charge is -2.22. The van der Waals surface area contributed by atoms with Crippen molar-refractivity contribution in [3.05, 3.63) is 42.1 Å². The van der Waals surface area contributed by atoms with Gasteiger partial charge < -0.3 is 15.0 Å². The summed E-state index contributed by atoms with van der Waals surface area (Å²) in [4.78, 5) is 18.2. The number of nitrogens with one attached hydrogen (secondary N) is 1. The highest BCUT2D eigenvalue weighted by Crippen LogP contribution is 2.37. The van der Waals surface area contributed by atoms with Crippen LogP contribution >= 0.6 is 0 Å². The fourth-order valence-corrected chi connectivity index (χ4v) is 3.05. The van der Waals surface area contributed by atoms with Gasteiger partial charge in [-0.05, 0) is 30.7 Å². The molecule has 1 fully saturated rings. The van der Waals surface area contributed by atoms with E-state index in [1.54, 1.807) is 4.90 Å². The maximum Gasteiger partial charge on any atom is 0.226 e. The molecule has 27 heavy (non-hydrogen) atoms. The standard InChI is InChI=1S/C19H20F3N3O2/c1-27-9-6-17(26)24-18-14(15-10-12(20)2-3-16(15)22)4-7-23-19(18)25-8-5-13(21)11-25/h2-4,7,10,13H,5-6,8-9,11H2,1H3,(H,24,26). The van der Waals surface area contributed by atoms with Crippen molar-refractivity contribution in [3.63, 3.8) is 0 Å². The number of halogens is 3. The average Bonchev–Trinajstić information content (AvgIpc) is 3.08. The van der Waals surface area contributed by atoms with Crippen LogP contribution in [-0.2, 0) is 9.53 Å². The van der Waals surface area contributed by atoms with Crippen molar-refractivity contribution >= 4 is 17.4 Å². The molecule has 1 aliphatic heterocycles. The Morgan fingerprint density at radius 3 is 2.85 bits per heavy atom. The highest BCUT2D eigenvalue weighted by Gasteiger charge is 2.27. The normalized spacial score (nSPS) is 16.6. The number of amides is 1. The molecular formula is C19H20F3N3O2. The maximum absolute atomic E-state index is 14.4. The number of hydrogen-bond donors (Lipinski definition) is 1. The molecule has 1 aliphatic rings. The molecule has 3 rings (SSSR count). The Morgan fingerprint density at radius 1 is 1.33 bits per heavy atom. The number of carbonyl (C=O) groups excluding carboxylic acids is 1. The van der Waals surface area contributed by atoms with Crippen molar-refractivity contribution in [2.45, 2.75) is 19.0 Å². The van der Waals surface area contributed by atoms with Gasteiger partial charge in [0.1, 0.15) is 17.8 Å². The molecule has 1 unspecified atom stereocenters. The Labute approximate surface area is 155 Å². The number of pyridine rings is 1. The molecule has 1 aromatic carbocycles. The molecule has 5 nitrogen and oxygen atoms in total. The zero-order chi connectivity index (χ0) is 19.4. The van der Waals surface area contributed by atoms with Gasteiger partial charge in [-0.15, -0.1) is 0 Å². The third kappa shape index (κ3) is 4.39. The fraction of sp³-hybridized carbons (Fsp3) is 0.368. The molecule has 1 atom stereocenters.